The molecule has 0 N–H and O–H groups in total. The van der Waals surface area contributed by atoms with Crippen molar-refractivity contribution in [3.05, 3.63) is 29.6 Å². The topological polar surface area (TPSA) is 26.5 Å². The van der Waals surface area contributed by atoms with Gasteiger partial charge in [-0.3, -0.25) is 0 Å². The molecular weight excluding hydrogens is 176 g/mol. The van der Waals surface area contributed by atoms with Crippen molar-refractivity contribution in [2.24, 2.45) is 0 Å². The van der Waals surface area contributed by atoms with Gasteiger partial charge in [0.05, 0.1) is 18.3 Å². The van der Waals surface area contributed by atoms with E-state index in [1.165, 1.54) is 16.6 Å². The first-order chi connectivity index (χ1) is 6.90. The van der Waals surface area contributed by atoms with Crippen molar-refractivity contribution in [2.45, 2.75) is 19.8 Å². The number of rotatable bonds is 1. The number of aromatic nitrogens is 2. The van der Waals surface area contributed by atoms with E-state index in [1.54, 1.807) is 0 Å². The van der Waals surface area contributed by atoms with E-state index in [0.29, 0.717) is 0 Å². The number of fused-ring (bicyclic) bond motifs is 3. The third-order valence-corrected chi connectivity index (χ3v) is 2.81. The van der Waals surface area contributed by atoms with E-state index >= 15 is 0 Å². The summed E-state index contributed by atoms with van der Waals surface area (Å²) >= 11 is 0. The lowest BCUT2D eigenvalue weighted by Gasteiger charge is -2.02. The maximum Gasteiger partial charge on any atom is 0.126 e. The Bertz CT molecular complexity index is 487. The first-order valence-corrected chi connectivity index (χ1v) is 5.01. The lowest BCUT2D eigenvalue weighted by molar-refractivity contribution is 0.356. The minimum Gasteiger partial charge on any atom is -0.493 e. The monoisotopic (exact) mass is 188 g/mol. The van der Waals surface area contributed by atoms with Crippen LogP contribution in [0.3, 0.4) is 0 Å². The Morgan fingerprint density at radius 3 is 3.36 bits per heavy atom. The van der Waals surface area contributed by atoms with Crippen LogP contribution in [0.5, 0.6) is 5.75 Å². The molecule has 0 amide bonds. The third kappa shape index (κ3) is 0.895. The van der Waals surface area contributed by atoms with Crippen molar-refractivity contribution in [1.29, 1.82) is 0 Å². The minimum atomic E-state index is 0.809. The Hall–Kier alpha value is -1.51. The van der Waals surface area contributed by atoms with Gasteiger partial charge in [-0.1, -0.05) is 6.92 Å². The first kappa shape index (κ1) is 7.85. The van der Waals surface area contributed by atoms with E-state index in [-0.39, 0.29) is 0 Å². The highest BCUT2D eigenvalue weighted by Crippen LogP contribution is 2.30. The van der Waals surface area contributed by atoms with Gasteiger partial charge in [0, 0.05) is 18.2 Å². The largest absolute Gasteiger partial charge is 0.493 e. The molecule has 3 heterocycles. The van der Waals surface area contributed by atoms with Crippen molar-refractivity contribution in [2.75, 3.05) is 6.61 Å². The lowest BCUT2D eigenvalue weighted by Crippen LogP contribution is -1.91. The molecule has 0 fully saturated rings. The van der Waals surface area contributed by atoms with Gasteiger partial charge in [-0.15, -0.1) is 0 Å². The average Bonchev–Trinajstić information content (AvgIpc) is 2.82. The second-order valence-electron chi connectivity index (χ2n) is 3.57. The molecular formula is C11H12N2O. The molecule has 0 unspecified atom stereocenters. The Morgan fingerprint density at radius 2 is 2.50 bits per heavy atom. The zero-order valence-corrected chi connectivity index (χ0v) is 8.16. The van der Waals surface area contributed by atoms with Crippen molar-refractivity contribution in [3.8, 4) is 5.75 Å². The quantitative estimate of drug-likeness (QED) is 0.682. The summed E-state index contributed by atoms with van der Waals surface area (Å²) < 4.78 is 7.49. The Kier molecular flexibility index (Phi) is 1.54. The zero-order valence-electron chi connectivity index (χ0n) is 8.16. The molecule has 1 aliphatic heterocycles. The number of nitrogens with zero attached hydrogens (tertiary/aromatic N) is 2. The molecule has 3 heteroatoms. The molecule has 0 aliphatic carbocycles. The predicted molar refractivity (Wildman–Crippen MR) is 53.8 cm³/mol. The normalized spacial score (nSPS) is 14.4. The molecule has 0 saturated heterocycles. The molecule has 0 radical (unpaired) electrons. The summed E-state index contributed by atoms with van der Waals surface area (Å²) in [5.41, 5.74) is 3.89. The summed E-state index contributed by atoms with van der Waals surface area (Å²) in [4.78, 5) is 0. The Labute approximate surface area is 82.3 Å². The molecule has 0 aromatic carbocycles. The predicted octanol–water partition coefficient (Wildman–Crippen LogP) is 1.83. The van der Waals surface area contributed by atoms with Gasteiger partial charge in [0.25, 0.3) is 0 Å². The van der Waals surface area contributed by atoms with Crippen LogP contribution in [-0.2, 0) is 12.8 Å². The van der Waals surface area contributed by atoms with Crippen molar-refractivity contribution < 1.29 is 4.74 Å². The highest BCUT2D eigenvalue weighted by molar-refractivity contribution is 5.65. The Morgan fingerprint density at radius 1 is 1.57 bits per heavy atom. The molecule has 3 nitrogen and oxygen atoms in total. The molecule has 0 saturated carbocycles. The smallest absolute Gasteiger partial charge is 0.126 e. The van der Waals surface area contributed by atoms with E-state index in [2.05, 4.69) is 12.0 Å². The van der Waals surface area contributed by atoms with Gasteiger partial charge in [0.15, 0.2) is 0 Å². The van der Waals surface area contributed by atoms with E-state index < -0.39 is 0 Å². The zero-order chi connectivity index (χ0) is 9.54. The molecule has 0 bridgehead atoms. The molecule has 2 aromatic heterocycles. The molecule has 3 rings (SSSR count). The number of hydrogen-bond donors (Lipinski definition) is 0. The SMILES string of the molecule is CCc1cnn2ccc3c(c12)CCO3. The number of ether oxygens (including phenoxy) is 1. The maximum atomic E-state index is 5.53. The summed E-state index contributed by atoms with van der Waals surface area (Å²) in [5.74, 6) is 1.03. The summed E-state index contributed by atoms with van der Waals surface area (Å²) in [5, 5.41) is 4.33. The maximum absolute atomic E-state index is 5.53. The standard InChI is InChI=1S/C11H12N2O/c1-2-8-7-12-13-5-3-10-9(11(8)13)4-6-14-10/h3,5,7H,2,4,6H2,1H3. The second-order valence-corrected chi connectivity index (χ2v) is 3.57. The van der Waals surface area contributed by atoms with Crippen molar-refractivity contribution in [1.82, 2.24) is 9.61 Å². The van der Waals surface area contributed by atoms with Gasteiger partial charge in [0.2, 0.25) is 0 Å². The van der Waals surface area contributed by atoms with Crippen molar-refractivity contribution in [3.63, 3.8) is 0 Å². The molecule has 2 aromatic rings. The number of aryl methyl sites for hydroxylation is 1. The van der Waals surface area contributed by atoms with Gasteiger partial charge in [-0.05, 0) is 18.1 Å². The minimum absolute atomic E-state index is 0.809. The van der Waals surface area contributed by atoms with Crippen LogP contribution in [0.1, 0.15) is 18.1 Å². The highest BCUT2D eigenvalue weighted by Gasteiger charge is 2.17. The fourth-order valence-electron chi connectivity index (χ4n) is 2.10. The molecule has 1 aliphatic rings. The van der Waals surface area contributed by atoms with Crippen LogP contribution < -0.4 is 4.74 Å². The highest BCUT2D eigenvalue weighted by atomic mass is 16.5. The van der Waals surface area contributed by atoms with Gasteiger partial charge < -0.3 is 4.74 Å². The fourth-order valence-corrected chi connectivity index (χ4v) is 2.10. The van der Waals surface area contributed by atoms with Crippen LogP contribution >= 0.6 is 0 Å². The summed E-state index contributed by atoms with van der Waals surface area (Å²) in [7, 11) is 0. The van der Waals surface area contributed by atoms with Crippen LogP contribution in [0, 0.1) is 0 Å². The van der Waals surface area contributed by atoms with Crippen LogP contribution in [0.25, 0.3) is 5.52 Å². The Balaban J connectivity index is 2.39. The first-order valence-electron chi connectivity index (χ1n) is 5.01. The summed E-state index contributed by atoms with van der Waals surface area (Å²) in [6.07, 6.45) is 5.96. The number of pyridine rings is 1. The summed E-state index contributed by atoms with van der Waals surface area (Å²) in [6.45, 7) is 2.97. The van der Waals surface area contributed by atoms with Crippen LogP contribution in [0.2, 0.25) is 0 Å². The molecule has 0 atom stereocenters. The molecule has 72 valence electrons. The van der Waals surface area contributed by atoms with Gasteiger partial charge in [-0.25, -0.2) is 4.52 Å². The van der Waals surface area contributed by atoms with Gasteiger partial charge in [-0.2, -0.15) is 5.10 Å². The van der Waals surface area contributed by atoms with Crippen LogP contribution in [-0.4, -0.2) is 16.2 Å². The lowest BCUT2D eigenvalue weighted by atomic mass is 10.1. The van der Waals surface area contributed by atoms with E-state index in [9.17, 15) is 0 Å². The van der Waals surface area contributed by atoms with Crippen molar-refractivity contribution >= 4 is 5.52 Å². The van der Waals surface area contributed by atoms with E-state index in [1.807, 2.05) is 23.0 Å². The molecule has 14 heavy (non-hydrogen) atoms. The third-order valence-electron chi connectivity index (χ3n) is 2.81. The molecule has 0 spiro atoms. The van der Waals surface area contributed by atoms with Gasteiger partial charge >= 0.3 is 0 Å². The average molecular weight is 188 g/mol. The number of hydrogen-bond acceptors (Lipinski definition) is 2. The second kappa shape index (κ2) is 2.74. The summed E-state index contributed by atoms with van der Waals surface area (Å²) in [6, 6.07) is 2.00. The van der Waals surface area contributed by atoms with Crippen LogP contribution in [0.4, 0.5) is 0 Å². The van der Waals surface area contributed by atoms with E-state index in [0.717, 1.165) is 25.2 Å². The van der Waals surface area contributed by atoms with E-state index in [4.69, 9.17) is 4.74 Å². The fraction of sp³-hybridized carbons (Fsp3) is 0.364. The van der Waals surface area contributed by atoms with Gasteiger partial charge in [0.1, 0.15) is 5.75 Å². The van der Waals surface area contributed by atoms with Crippen LogP contribution in [0.15, 0.2) is 18.5 Å².